The quantitative estimate of drug-likeness (QED) is 0.668. The normalized spacial score (nSPS) is 10.4. The smallest absolute Gasteiger partial charge is 0.131 e. The number of benzene rings is 2. The Balaban J connectivity index is 2.33. The van der Waals surface area contributed by atoms with Crippen LogP contribution in [-0.2, 0) is 5.88 Å². The summed E-state index contributed by atoms with van der Waals surface area (Å²) in [5.74, 6) is 2.08. The van der Waals surface area contributed by atoms with E-state index in [4.69, 9.17) is 16.3 Å². The molecule has 0 atom stereocenters. The molecule has 0 spiro atoms. The molecule has 0 amide bonds. The zero-order valence-corrected chi connectivity index (χ0v) is 12.7. The minimum atomic E-state index is 0.430. The molecule has 0 bridgehead atoms. The zero-order chi connectivity index (χ0) is 13.1. The summed E-state index contributed by atoms with van der Waals surface area (Å²) in [4.78, 5) is 0. The van der Waals surface area contributed by atoms with Gasteiger partial charge in [0.25, 0.3) is 0 Å². The summed E-state index contributed by atoms with van der Waals surface area (Å²) in [6.07, 6.45) is 0. The number of ether oxygens (including phenoxy) is 1. The fourth-order valence-electron chi connectivity index (χ4n) is 1.87. The van der Waals surface area contributed by atoms with Gasteiger partial charge >= 0.3 is 0 Å². The van der Waals surface area contributed by atoms with Crippen molar-refractivity contribution in [3.63, 3.8) is 0 Å². The molecule has 0 unspecified atom stereocenters. The van der Waals surface area contributed by atoms with E-state index in [1.165, 1.54) is 11.1 Å². The lowest BCUT2D eigenvalue weighted by Crippen LogP contribution is -1.91. The molecule has 2 rings (SSSR count). The predicted molar refractivity (Wildman–Crippen MR) is 79.7 cm³/mol. The fraction of sp³-hybridized carbons (Fsp3) is 0.200. The zero-order valence-electron chi connectivity index (χ0n) is 10.3. The molecular weight excluding hydrogens is 312 g/mol. The van der Waals surface area contributed by atoms with Gasteiger partial charge in [0.15, 0.2) is 0 Å². The van der Waals surface area contributed by atoms with E-state index in [0.717, 1.165) is 21.5 Å². The van der Waals surface area contributed by atoms with Crippen LogP contribution in [0.4, 0.5) is 0 Å². The van der Waals surface area contributed by atoms with Crippen LogP contribution >= 0.6 is 27.5 Å². The number of alkyl halides is 1. The molecule has 0 N–H and O–H groups in total. The van der Waals surface area contributed by atoms with Crippen molar-refractivity contribution in [2.75, 3.05) is 0 Å². The van der Waals surface area contributed by atoms with Gasteiger partial charge in [-0.15, -0.1) is 11.6 Å². The number of hydrogen-bond donors (Lipinski definition) is 0. The monoisotopic (exact) mass is 324 g/mol. The standard InChI is InChI=1S/C15H14BrClO/c1-10-5-11(2)7-14(6-10)18-15-4-3-13(16)8-12(15)9-17/h3-8H,9H2,1-2H3. The Morgan fingerprint density at radius 2 is 1.72 bits per heavy atom. The van der Waals surface area contributed by atoms with E-state index in [1.807, 2.05) is 30.3 Å². The van der Waals surface area contributed by atoms with Gasteiger partial charge in [0.05, 0.1) is 5.88 Å². The molecule has 0 aliphatic heterocycles. The topological polar surface area (TPSA) is 9.23 Å². The van der Waals surface area contributed by atoms with Crippen LogP contribution in [0, 0.1) is 13.8 Å². The highest BCUT2D eigenvalue weighted by Crippen LogP contribution is 2.30. The van der Waals surface area contributed by atoms with E-state index in [1.54, 1.807) is 0 Å². The second-order valence-corrected chi connectivity index (χ2v) is 5.49. The highest BCUT2D eigenvalue weighted by atomic mass is 79.9. The Morgan fingerprint density at radius 1 is 1.06 bits per heavy atom. The van der Waals surface area contributed by atoms with Crippen LogP contribution in [0.1, 0.15) is 16.7 Å². The molecule has 0 heterocycles. The first-order valence-corrected chi connectivity index (χ1v) is 7.02. The number of halogens is 2. The van der Waals surface area contributed by atoms with Crippen molar-refractivity contribution >= 4 is 27.5 Å². The van der Waals surface area contributed by atoms with E-state index < -0.39 is 0 Å². The SMILES string of the molecule is Cc1cc(C)cc(Oc2ccc(Br)cc2CCl)c1. The van der Waals surface area contributed by atoms with E-state index in [-0.39, 0.29) is 0 Å². The van der Waals surface area contributed by atoms with Crippen LogP contribution in [0.25, 0.3) is 0 Å². The molecule has 0 saturated heterocycles. The molecule has 3 heteroatoms. The third-order valence-electron chi connectivity index (χ3n) is 2.59. The first-order valence-electron chi connectivity index (χ1n) is 5.69. The summed E-state index contributed by atoms with van der Waals surface area (Å²) < 4.78 is 6.92. The molecule has 0 radical (unpaired) electrons. The van der Waals surface area contributed by atoms with Gasteiger partial charge in [0.1, 0.15) is 11.5 Å². The van der Waals surface area contributed by atoms with E-state index >= 15 is 0 Å². The maximum absolute atomic E-state index is 5.93. The summed E-state index contributed by atoms with van der Waals surface area (Å²) in [7, 11) is 0. The lowest BCUT2D eigenvalue weighted by atomic mass is 10.1. The van der Waals surface area contributed by atoms with Crippen LogP contribution in [0.2, 0.25) is 0 Å². The van der Waals surface area contributed by atoms with Crippen molar-refractivity contribution in [2.24, 2.45) is 0 Å². The van der Waals surface area contributed by atoms with Crippen LogP contribution in [0.5, 0.6) is 11.5 Å². The minimum Gasteiger partial charge on any atom is -0.457 e. The van der Waals surface area contributed by atoms with Crippen LogP contribution < -0.4 is 4.74 Å². The van der Waals surface area contributed by atoms with Gasteiger partial charge in [-0.2, -0.15) is 0 Å². The average Bonchev–Trinajstić information content (AvgIpc) is 2.30. The Labute approximate surface area is 121 Å². The van der Waals surface area contributed by atoms with E-state index in [9.17, 15) is 0 Å². The Morgan fingerprint density at radius 3 is 2.33 bits per heavy atom. The Kier molecular flexibility index (Phi) is 4.31. The summed E-state index contributed by atoms with van der Waals surface area (Å²) in [6.45, 7) is 4.12. The van der Waals surface area contributed by atoms with Gasteiger partial charge < -0.3 is 4.74 Å². The minimum absolute atomic E-state index is 0.430. The highest BCUT2D eigenvalue weighted by Gasteiger charge is 2.06. The maximum Gasteiger partial charge on any atom is 0.131 e. The third-order valence-corrected chi connectivity index (χ3v) is 3.37. The maximum atomic E-state index is 5.93. The summed E-state index contributed by atoms with van der Waals surface area (Å²) >= 11 is 9.36. The molecule has 0 aromatic heterocycles. The van der Waals surface area contributed by atoms with Crippen molar-refractivity contribution in [2.45, 2.75) is 19.7 Å². The van der Waals surface area contributed by atoms with Crippen molar-refractivity contribution in [1.29, 1.82) is 0 Å². The molecule has 0 aliphatic rings. The lowest BCUT2D eigenvalue weighted by molar-refractivity contribution is 0.477. The number of aryl methyl sites for hydroxylation is 2. The Bertz CT molecular complexity index is 546. The third kappa shape index (κ3) is 3.27. The van der Waals surface area contributed by atoms with Gasteiger partial charge in [0, 0.05) is 10.0 Å². The largest absolute Gasteiger partial charge is 0.457 e. The van der Waals surface area contributed by atoms with Gasteiger partial charge in [-0.1, -0.05) is 22.0 Å². The molecular formula is C15H14BrClO. The molecule has 0 saturated carbocycles. The van der Waals surface area contributed by atoms with Crippen LogP contribution in [-0.4, -0.2) is 0 Å². The summed E-state index contributed by atoms with van der Waals surface area (Å²) in [6, 6.07) is 12.0. The van der Waals surface area contributed by atoms with Crippen molar-refractivity contribution in [3.8, 4) is 11.5 Å². The summed E-state index contributed by atoms with van der Waals surface area (Å²) in [5, 5.41) is 0. The molecule has 0 fully saturated rings. The molecule has 0 aliphatic carbocycles. The fourth-order valence-corrected chi connectivity index (χ4v) is 2.49. The van der Waals surface area contributed by atoms with Crippen LogP contribution in [0.15, 0.2) is 40.9 Å². The summed E-state index contributed by atoms with van der Waals surface area (Å²) in [5.41, 5.74) is 3.36. The Hall–Kier alpha value is -0.990. The molecule has 18 heavy (non-hydrogen) atoms. The van der Waals surface area contributed by atoms with Crippen molar-refractivity contribution < 1.29 is 4.74 Å². The molecule has 94 valence electrons. The first-order chi connectivity index (χ1) is 8.58. The average molecular weight is 326 g/mol. The van der Waals surface area contributed by atoms with Gasteiger partial charge in [-0.3, -0.25) is 0 Å². The van der Waals surface area contributed by atoms with Gasteiger partial charge in [-0.05, 0) is 55.3 Å². The van der Waals surface area contributed by atoms with E-state index in [0.29, 0.717) is 5.88 Å². The molecule has 2 aromatic carbocycles. The van der Waals surface area contributed by atoms with Gasteiger partial charge in [-0.25, -0.2) is 0 Å². The van der Waals surface area contributed by atoms with Gasteiger partial charge in [0.2, 0.25) is 0 Å². The first kappa shape index (κ1) is 13.4. The lowest BCUT2D eigenvalue weighted by Gasteiger charge is -2.11. The highest BCUT2D eigenvalue weighted by molar-refractivity contribution is 9.10. The second-order valence-electron chi connectivity index (χ2n) is 4.31. The molecule has 1 nitrogen and oxygen atoms in total. The van der Waals surface area contributed by atoms with Crippen LogP contribution in [0.3, 0.4) is 0 Å². The van der Waals surface area contributed by atoms with Crippen molar-refractivity contribution in [3.05, 3.63) is 57.6 Å². The number of rotatable bonds is 3. The predicted octanol–water partition coefficient (Wildman–Crippen LogP) is 5.60. The van der Waals surface area contributed by atoms with Crippen molar-refractivity contribution in [1.82, 2.24) is 0 Å². The second kappa shape index (κ2) is 5.77. The number of hydrogen-bond acceptors (Lipinski definition) is 1. The molecule has 2 aromatic rings. The van der Waals surface area contributed by atoms with E-state index in [2.05, 4.69) is 35.8 Å².